The first-order valence-electron chi connectivity index (χ1n) is 5.40. The Morgan fingerprint density at radius 2 is 2.30 bits per heavy atom. The van der Waals surface area contributed by atoms with E-state index in [4.69, 9.17) is 0 Å². The van der Waals surface area contributed by atoms with Gasteiger partial charge in [-0.05, 0) is 6.92 Å². The third-order valence-electron chi connectivity index (χ3n) is 2.44. The summed E-state index contributed by atoms with van der Waals surface area (Å²) >= 11 is 0. The number of tetrazole rings is 1. The SMILES string of the molecule is CC(NC(=O)c1cc([N+](=O)[O-])c[nH]c1=O)c1nn[nH]n1. The molecule has 104 valence electrons. The Hall–Kier alpha value is -3.11. The van der Waals surface area contributed by atoms with Gasteiger partial charge in [0.25, 0.3) is 17.2 Å². The van der Waals surface area contributed by atoms with E-state index in [2.05, 4.69) is 30.9 Å². The molecule has 0 aliphatic heterocycles. The van der Waals surface area contributed by atoms with Crippen molar-refractivity contribution in [3.05, 3.63) is 44.1 Å². The Morgan fingerprint density at radius 3 is 2.90 bits per heavy atom. The van der Waals surface area contributed by atoms with Crippen LogP contribution in [0.2, 0.25) is 0 Å². The molecule has 0 aliphatic rings. The number of nitrogens with one attached hydrogen (secondary N) is 3. The standard InChI is InChI=1S/C9H9N7O4/c1-4(7-12-14-15-13-7)11-9(18)6-2-5(16(19)20)3-10-8(6)17/h2-4H,1H3,(H,10,17)(H,11,18)(H,12,13,14,15). The first-order valence-corrected chi connectivity index (χ1v) is 5.40. The molecule has 0 bridgehead atoms. The van der Waals surface area contributed by atoms with Gasteiger partial charge >= 0.3 is 0 Å². The van der Waals surface area contributed by atoms with E-state index < -0.39 is 22.4 Å². The molecule has 0 saturated carbocycles. The lowest BCUT2D eigenvalue weighted by Gasteiger charge is -2.09. The highest BCUT2D eigenvalue weighted by Crippen LogP contribution is 2.10. The number of rotatable bonds is 4. The highest BCUT2D eigenvalue weighted by Gasteiger charge is 2.19. The van der Waals surface area contributed by atoms with Crippen molar-refractivity contribution < 1.29 is 9.72 Å². The van der Waals surface area contributed by atoms with Gasteiger partial charge in [-0.25, -0.2) is 0 Å². The van der Waals surface area contributed by atoms with Crippen molar-refractivity contribution in [1.29, 1.82) is 0 Å². The highest BCUT2D eigenvalue weighted by molar-refractivity contribution is 5.94. The van der Waals surface area contributed by atoms with Crippen LogP contribution in [0.15, 0.2) is 17.1 Å². The van der Waals surface area contributed by atoms with Gasteiger partial charge in [0, 0.05) is 6.07 Å². The zero-order chi connectivity index (χ0) is 14.7. The van der Waals surface area contributed by atoms with Crippen molar-refractivity contribution >= 4 is 11.6 Å². The number of nitro groups is 1. The molecular formula is C9H9N7O4. The highest BCUT2D eigenvalue weighted by atomic mass is 16.6. The second kappa shape index (κ2) is 5.26. The molecule has 2 heterocycles. The number of carbonyl (C=O) groups is 1. The van der Waals surface area contributed by atoms with Crippen LogP contribution >= 0.6 is 0 Å². The first kappa shape index (κ1) is 13.3. The predicted molar refractivity (Wildman–Crippen MR) is 63.8 cm³/mol. The van der Waals surface area contributed by atoms with Gasteiger partial charge in [0.05, 0.1) is 17.2 Å². The zero-order valence-electron chi connectivity index (χ0n) is 10.2. The molecular weight excluding hydrogens is 270 g/mol. The van der Waals surface area contributed by atoms with E-state index >= 15 is 0 Å². The van der Waals surface area contributed by atoms with Crippen LogP contribution in [0, 0.1) is 10.1 Å². The number of aromatic amines is 2. The number of hydrogen-bond acceptors (Lipinski definition) is 7. The normalized spacial score (nSPS) is 11.8. The van der Waals surface area contributed by atoms with Crippen LogP contribution in [-0.4, -0.2) is 36.4 Å². The molecule has 2 aromatic rings. The van der Waals surface area contributed by atoms with Gasteiger partial charge < -0.3 is 10.3 Å². The summed E-state index contributed by atoms with van der Waals surface area (Å²) in [5, 5.41) is 26.0. The third kappa shape index (κ3) is 2.66. The van der Waals surface area contributed by atoms with Gasteiger partial charge in [0.1, 0.15) is 5.56 Å². The molecule has 0 saturated heterocycles. The van der Waals surface area contributed by atoms with E-state index in [0.717, 1.165) is 12.3 Å². The number of pyridine rings is 1. The van der Waals surface area contributed by atoms with Crippen molar-refractivity contribution in [2.45, 2.75) is 13.0 Å². The van der Waals surface area contributed by atoms with Crippen molar-refractivity contribution in [1.82, 2.24) is 30.9 Å². The molecule has 20 heavy (non-hydrogen) atoms. The predicted octanol–water partition coefficient (Wildman–Crippen LogP) is -0.713. The number of amides is 1. The van der Waals surface area contributed by atoms with Gasteiger partial charge in [-0.2, -0.15) is 5.21 Å². The molecule has 2 rings (SSSR count). The maximum atomic E-state index is 11.9. The minimum absolute atomic E-state index is 0.222. The molecule has 1 amide bonds. The molecule has 0 aromatic carbocycles. The number of aromatic nitrogens is 5. The van der Waals surface area contributed by atoms with E-state index in [0.29, 0.717) is 0 Å². The molecule has 3 N–H and O–H groups in total. The lowest BCUT2D eigenvalue weighted by molar-refractivity contribution is -0.385. The number of nitrogens with zero attached hydrogens (tertiary/aromatic N) is 4. The van der Waals surface area contributed by atoms with E-state index in [1.165, 1.54) is 0 Å². The van der Waals surface area contributed by atoms with E-state index in [9.17, 15) is 19.7 Å². The summed E-state index contributed by atoms with van der Waals surface area (Å²) < 4.78 is 0. The van der Waals surface area contributed by atoms with E-state index in [-0.39, 0.29) is 17.1 Å². The Kier molecular flexibility index (Phi) is 3.50. The van der Waals surface area contributed by atoms with Gasteiger partial charge in [-0.3, -0.25) is 19.7 Å². The molecule has 11 heteroatoms. The van der Waals surface area contributed by atoms with Gasteiger partial charge in [-0.1, -0.05) is 5.21 Å². The summed E-state index contributed by atoms with van der Waals surface area (Å²) in [5.74, 6) is -0.549. The van der Waals surface area contributed by atoms with Crippen LogP contribution in [0.25, 0.3) is 0 Å². The molecule has 0 aliphatic carbocycles. The molecule has 2 aromatic heterocycles. The van der Waals surface area contributed by atoms with Crippen LogP contribution in [0.4, 0.5) is 5.69 Å². The second-order valence-corrected chi connectivity index (χ2v) is 3.82. The largest absolute Gasteiger partial charge is 0.342 e. The fraction of sp³-hybridized carbons (Fsp3) is 0.222. The van der Waals surface area contributed by atoms with Crippen LogP contribution in [0.5, 0.6) is 0 Å². The maximum Gasteiger partial charge on any atom is 0.286 e. The summed E-state index contributed by atoms with van der Waals surface area (Å²) in [6.45, 7) is 1.58. The topological polar surface area (TPSA) is 160 Å². The fourth-order valence-corrected chi connectivity index (χ4v) is 1.44. The summed E-state index contributed by atoms with van der Waals surface area (Å²) in [4.78, 5) is 35.5. The molecule has 1 unspecified atom stereocenters. The Balaban J connectivity index is 2.23. The molecule has 0 fully saturated rings. The maximum absolute atomic E-state index is 11.9. The lowest BCUT2D eigenvalue weighted by atomic mass is 10.2. The zero-order valence-corrected chi connectivity index (χ0v) is 10.2. The number of hydrogen-bond donors (Lipinski definition) is 3. The van der Waals surface area contributed by atoms with Crippen molar-refractivity contribution in [3.63, 3.8) is 0 Å². The monoisotopic (exact) mass is 279 g/mol. The second-order valence-electron chi connectivity index (χ2n) is 3.82. The average Bonchev–Trinajstić information content (AvgIpc) is 2.92. The summed E-state index contributed by atoms with van der Waals surface area (Å²) in [7, 11) is 0. The lowest BCUT2D eigenvalue weighted by Crippen LogP contribution is -2.32. The first-order chi connectivity index (χ1) is 9.49. The Morgan fingerprint density at radius 1 is 1.55 bits per heavy atom. The van der Waals surface area contributed by atoms with Crippen molar-refractivity contribution in [2.75, 3.05) is 0 Å². The fourth-order valence-electron chi connectivity index (χ4n) is 1.44. The van der Waals surface area contributed by atoms with Crippen LogP contribution in [0.3, 0.4) is 0 Å². The summed E-state index contributed by atoms with van der Waals surface area (Å²) in [5.41, 5.74) is -1.48. The minimum Gasteiger partial charge on any atom is -0.342 e. The summed E-state index contributed by atoms with van der Waals surface area (Å²) in [6.07, 6.45) is 0.918. The van der Waals surface area contributed by atoms with E-state index in [1.807, 2.05) is 0 Å². The minimum atomic E-state index is -0.771. The average molecular weight is 279 g/mol. The molecule has 11 nitrogen and oxygen atoms in total. The Bertz CT molecular complexity index is 693. The summed E-state index contributed by atoms with van der Waals surface area (Å²) in [6, 6.07) is 0.289. The van der Waals surface area contributed by atoms with Gasteiger partial charge in [0.15, 0.2) is 5.82 Å². The Labute approximate surface area is 110 Å². The third-order valence-corrected chi connectivity index (χ3v) is 2.44. The van der Waals surface area contributed by atoms with Crippen molar-refractivity contribution in [2.24, 2.45) is 0 Å². The quantitative estimate of drug-likeness (QED) is 0.492. The van der Waals surface area contributed by atoms with Gasteiger partial charge in [0.2, 0.25) is 0 Å². The number of H-pyrrole nitrogens is 2. The van der Waals surface area contributed by atoms with Crippen LogP contribution in [0.1, 0.15) is 29.1 Å². The molecule has 0 spiro atoms. The van der Waals surface area contributed by atoms with Crippen LogP contribution in [-0.2, 0) is 0 Å². The van der Waals surface area contributed by atoms with Crippen LogP contribution < -0.4 is 10.9 Å². The number of carbonyl (C=O) groups excluding carboxylic acids is 1. The smallest absolute Gasteiger partial charge is 0.286 e. The molecule has 1 atom stereocenters. The molecule has 0 radical (unpaired) electrons. The van der Waals surface area contributed by atoms with Gasteiger partial charge in [-0.15, -0.1) is 10.2 Å². The van der Waals surface area contributed by atoms with Crippen molar-refractivity contribution in [3.8, 4) is 0 Å². The van der Waals surface area contributed by atoms with E-state index in [1.54, 1.807) is 6.92 Å².